The summed E-state index contributed by atoms with van der Waals surface area (Å²) in [5.41, 5.74) is 4.81. The van der Waals surface area contributed by atoms with E-state index in [9.17, 15) is 13.2 Å². The average Bonchev–Trinajstić information content (AvgIpc) is 2.64. The van der Waals surface area contributed by atoms with Crippen LogP contribution in [0.1, 0.15) is 5.56 Å². The van der Waals surface area contributed by atoms with Crippen LogP contribution < -0.4 is 5.73 Å². The zero-order valence-corrected chi connectivity index (χ0v) is 9.83. The van der Waals surface area contributed by atoms with E-state index >= 15 is 0 Å². The standard InChI is InChI=1S/C9H6BrF3N4/c10-7-2-1-5(3-6(7)9(11,12)13)17-4-8(14)15-16-17/h1-4H,14H2. The summed E-state index contributed by atoms with van der Waals surface area (Å²) < 4.78 is 39.1. The molecule has 0 aliphatic rings. The van der Waals surface area contributed by atoms with Gasteiger partial charge in [-0.25, -0.2) is 4.68 Å². The van der Waals surface area contributed by atoms with E-state index in [0.29, 0.717) is 0 Å². The Kier molecular flexibility index (Phi) is 2.82. The Morgan fingerprint density at radius 3 is 2.53 bits per heavy atom. The van der Waals surface area contributed by atoms with Gasteiger partial charge < -0.3 is 5.73 Å². The summed E-state index contributed by atoms with van der Waals surface area (Å²) in [5.74, 6) is 0.140. The second kappa shape index (κ2) is 4.02. The topological polar surface area (TPSA) is 56.7 Å². The van der Waals surface area contributed by atoms with E-state index in [1.807, 2.05) is 0 Å². The first-order valence-electron chi connectivity index (χ1n) is 4.43. The maximum absolute atomic E-state index is 12.6. The van der Waals surface area contributed by atoms with E-state index in [2.05, 4.69) is 26.2 Å². The van der Waals surface area contributed by atoms with Gasteiger partial charge in [-0.3, -0.25) is 0 Å². The number of aromatic nitrogens is 3. The van der Waals surface area contributed by atoms with E-state index in [1.54, 1.807) is 0 Å². The third-order valence-electron chi connectivity index (χ3n) is 2.03. The summed E-state index contributed by atoms with van der Waals surface area (Å²) in [6.45, 7) is 0. The summed E-state index contributed by atoms with van der Waals surface area (Å²) in [7, 11) is 0. The molecular weight excluding hydrogens is 301 g/mol. The van der Waals surface area contributed by atoms with Crippen LogP contribution in [0.3, 0.4) is 0 Å². The minimum atomic E-state index is -4.43. The number of hydrogen-bond acceptors (Lipinski definition) is 3. The summed E-state index contributed by atoms with van der Waals surface area (Å²) >= 11 is 2.85. The number of nitrogens with zero attached hydrogens (tertiary/aromatic N) is 3. The highest BCUT2D eigenvalue weighted by atomic mass is 79.9. The molecule has 0 aliphatic carbocycles. The second-order valence-corrected chi connectivity index (χ2v) is 4.10. The SMILES string of the molecule is Nc1cn(-c2ccc(Br)c(C(F)(F)F)c2)nn1. The Morgan fingerprint density at radius 1 is 1.29 bits per heavy atom. The van der Waals surface area contributed by atoms with Gasteiger partial charge >= 0.3 is 6.18 Å². The Bertz CT molecular complexity index is 549. The quantitative estimate of drug-likeness (QED) is 0.881. The predicted octanol–water partition coefficient (Wildman–Crippen LogP) is 2.63. The van der Waals surface area contributed by atoms with E-state index < -0.39 is 11.7 Å². The van der Waals surface area contributed by atoms with Crippen LogP contribution in [0.15, 0.2) is 28.9 Å². The van der Waals surface area contributed by atoms with Crippen molar-refractivity contribution in [2.75, 3.05) is 5.73 Å². The fourth-order valence-corrected chi connectivity index (χ4v) is 1.75. The van der Waals surface area contributed by atoms with Gasteiger partial charge in [0.1, 0.15) is 0 Å². The van der Waals surface area contributed by atoms with Crippen LogP contribution in [0.4, 0.5) is 19.0 Å². The Balaban J connectivity index is 2.51. The molecule has 2 rings (SSSR count). The van der Waals surface area contributed by atoms with Crippen molar-refractivity contribution < 1.29 is 13.2 Å². The highest BCUT2D eigenvalue weighted by molar-refractivity contribution is 9.10. The smallest absolute Gasteiger partial charge is 0.381 e. The zero-order chi connectivity index (χ0) is 12.6. The second-order valence-electron chi connectivity index (χ2n) is 3.25. The molecule has 90 valence electrons. The molecule has 1 aromatic carbocycles. The Labute approximate surface area is 102 Å². The molecule has 0 spiro atoms. The van der Waals surface area contributed by atoms with Crippen molar-refractivity contribution in [1.82, 2.24) is 15.0 Å². The molecule has 4 nitrogen and oxygen atoms in total. The molecule has 0 fully saturated rings. The van der Waals surface area contributed by atoms with Crippen molar-refractivity contribution in [3.63, 3.8) is 0 Å². The number of anilines is 1. The first-order chi connectivity index (χ1) is 7.88. The fraction of sp³-hybridized carbons (Fsp3) is 0.111. The highest BCUT2D eigenvalue weighted by Crippen LogP contribution is 2.35. The third-order valence-corrected chi connectivity index (χ3v) is 2.72. The maximum atomic E-state index is 12.6. The predicted molar refractivity (Wildman–Crippen MR) is 58.5 cm³/mol. The lowest BCUT2D eigenvalue weighted by atomic mass is 10.2. The molecule has 0 saturated carbocycles. The van der Waals surface area contributed by atoms with Crippen LogP contribution in [0.5, 0.6) is 0 Å². The molecule has 1 heterocycles. The van der Waals surface area contributed by atoms with Crippen molar-refractivity contribution in [2.45, 2.75) is 6.18 Å². The number of nitrogen functional groups attached to an aromatic ring is 1. The summed E-state index contributed by atoms with van der Waals surface area (Å²) in [5, 5.41) is 7.10. The number of nitrogens with two attached hydrogens (primary N) is 1. The number of halogens is 4. The van der Waals surface area contributed by atoms with Gasteiger partial charge in [-0.05, 0) is 18.2 Å². The first kappa shape index (κ1) is 11.9. The summed E-state index contributed by atoms with van der Waals surface area (Å²) in [4.78, 5) is 0. The maximum Gasteiger partial charge on any atom is 0.417 e. The molecule has 0 atom stereocenters. The van der Waals surface area contributed by atoms with Crippen molar-refractivity contribution >= 4 is 21.7 Å². The van der Waals surface area contributed by atoms with Crippen molar-refractivity contribution in [1.29, 1.82) is 0 Å². The minimum absolute atomic E-state index is 0.0261. The molecule has 0 saturated heterocycles. The molecule has 8 heteroatoms. The van der Waals surface area contributed by atoms with Gasteiger partial charge in [0.05, 0.1) is 17.4 Å². The normalized spacial score (nSPS) is 11.8. The molecule has 2 N–H and O–H groups in total. The van der Waals surface area contributed by atoms with Crippen LogP contribution >= 0.6 is 15.9 Å². The largest absolute Gasteiger partial charge is 0.417 e. The van der Waals surface area contributed by atoms with E-state index in [4.69, 9.17) is 5.73 Å². The minimum Gasteiger partial charge on any atom is -0.381 e. The lowest BCUT2D eigenvalue weighted by Crippen LogP contribution is -2.07. The number of benzene rings is 1. The van der Waals surface area contributed by atoms with Gasteiger partial charge in [-0.15, -0.1) is 5.10 Å². The Hall–Kier alpha value is -1.57. The van der Waals surface area contributed by atoms with Crippen molar-refractivity contribution in [2.24, 2.45) is 0 Å². The monoisotopic (exact) mass is 306 g/mol. The number of rotatable bonds is 1. The van der Waals surface area contributed by atoms with Crippen LogP contribution in [0, 0.1) is 0 Å². The van der Waals surface area contributed by atoms with E-state index in [1.165, 1.54) is 23.0 Å². The van der Waals surface area contributed by atoms with Gasteiger partial charge in [0, 0.05) is 4.47 Å². The summed E-state index contributed by atoms with van der Waals surface area (Å²) in [6.07, 6.45) is -3.09. The zero-order valence-electron chi connectivity index (χ0n) is 8.24. The first-order valence-corrected chi connectivity index (χ1v) is 5.22. The Morgan fingerprint density at radius 2 is 2.00 bits per heavy atom. The molecule has 0 radical (unpaired) electrons. The van der Waals surface area contributed by atoms with Crippen LogP contribution in [-0.4, -0.2) is 15.0 Å². The lowest BCUT2D eigenvalue weighted by molar-refractivity contribution is -0.138. The molecule has 0 unspecified atom stereocenters. The van der Waals surface area contributed by atoms with Gasteiger partial charge in [-0.1, -0.05) is 21.1 Å². The van der Waals surface area contributed by atoms with Gasteiger partial charge in [-0.2, -0.15) is 13.2 Å². The molecule has 1 aromatic heterocycles. The molecule has 0 amide bonds. The highest BCUT2D eigenvalue weighted by Gasteiger charge is 2.33. The molecule has 0 aliphatic heterocycles. The van der Waals surface area contributed by atoms with E-state index in [-0.39, 0.29) is 16.0 Å². The van der Waals surface area contributed by atoms with Gasteiger partial charge in [0.25, 0.3) is 0 Å². The van der Waals surface area contributed by atoms with Crippen LogP contribution in [0.25, 0.3) is 5.69 Å². The molecular formula is C9H6BrF3N4. The van der Waals surface area contributed by atoms with E-state index in [0.717, 1.165) is 6.07 Å². The van der Waals surface area contributed by atoms with Gasteiger partial charge in [0.2, 0.25) is 0 Å². The molecule has 17 heavy (non-hydrogen) atoms. The third kappa shape index (κ3) is 2.41. The van der Waals surface area contributed by atoms with Gasteiger partial charge in [0.15, 0.2) is 5.82 Å². The molecule has 0 bridgehead atoms. The van der Waals surface area contributed by atoms with Crippen LogP contribution in [0.2, 0.25) is 0 Å². The number of alkyl halides is 3. The number of hydrogen-bond donors (Lipinski definition) is 1. The van der Waals surface area contributed by atoms with Crippen LogP contribution in [-0.2, 0) is 6.18 Å². The van der Waals surface area contributed by atoms with Crippen molar-refractivity contribution in [3.8, 4) is 5.69 Å². The van der Waals surface area contributed by atoms with Crippen molar-refractivity contribution in [3.05, 3.63) is 34.4 Å². The lowest BCUT2D eigenvalue weighted by Gasteiger charge is -2.10. The average molecular weight is 307 g/mol. The fourth-order valence-electron chi connectivity index (χ4n) is 1.28. The molecule has 2 aromatic rings. The summed E-state index contributed by atoms with van der Waals surface area (Å²) in [6, 6.07) is 3.75.